The molecular weight excluding hydrogens is 237 g/mol. The molecule has 1 aromatic rings. The normalized spacial score (nSPS) is 20.4. The minimum atomic E-state index is -0.467. The molecule has 0 saturated carbocycles. The Morgan fingerprint density at radius 3 is 3.00 bits per heavy atom. The molecule has 1 atom stereocenters. The predicted octanol–water partition coefficient (Wildman–Crippen LogP) is 2.99. The van der Waals surface area contributed by atoms with Crippen molar-refractivity contribution in [3.63, 3.8) is 0 Å². The summed E-state index contributed by atoms with van der Waals surface area (Å²) in [7, 11) is 0. The molecule has 0 aromatic heterocycles. The topological polar surface area (TPSA) is 20.3 Å². The first-order valence-electron chi connectivity index (χ1n) is 5.85. The van der Waals surface area contributed by atoms with Crippen LogP contribution < -0.4 is 0 Å². The SMILES string of the molecule is CC1CCCN(C(=O)c2cc(S)ccc2F)C1. The Kier molecular flexibility index (Phi) is 3.72. The molecule has 0 N–H and O–H groups in total. The van der Waals surface area contributed by atoms with Gasteiger partial charge in [-0.25, -0.2) is 4.39 Å². The Morgan fingerprint density at radius 1 is 1.53 bits per heavy atom. The number of amides is 1. The van der Waals surface area contributed by atoms with E-state index in [0.29, 0.717) is 10.8 Å². The van der Waals surface area contributed by atoms with Gasteiger partial charge in [0.15, 0.2) is 0 Å². The maximum Gasteiger partial charge on any atom is 0.256 e. The van der Waals surface area contributed by atoms with E-state index in [1.165, 1.54) is 12.1 Å². The second kappa shape index (κ2) is 5.08. The van der Waals surface area contributed by atoms with Gasteiger partial charge < -0.3 is 4.90 Å². The van der Waals surface area contributed by atoms with Crippen LogP contribution in [-0.2, 0) is 0 Å². The van der Waals surface area contributed by atoms with Crippen LogP contribution in [0, 0.1) is 11.7 Å². The zero-order valence-electron chi connectivity index (χ0n) is 9.82. The van der Waals surface area contributed by atoms with Crippen LogP contribution in [0.25, 0.3) is 0 Å². The second-order valence-corrected chi connectivity index (χ2v) is 5.18. The summed E-state index contributed by atoms with van der Waals surface area (Å²) in [5, 5.41) is 0. The zero-order chi connectivity index (χ0) is 12.4. The summed E-state index contributed by atoms with van der Waals surface area (Å²) >= 11 is 4.14. The van der Waals surface area contributed by atoms with Gasteiger partial charge in [-0.05, 0) is 37.0 Å². The number of hydrogen-bond donors (Lipinski definition) is 1. The molecule has 1 heterocycles. The average molecular weight is 253 g/mol. The van der Waals surface area contributed by atoms with Crippen LogP contribution in [0.2, 0.25) is 0 Å². The van der Waals surface area contributed by atoms with E-state index in [1.807, 2.05) is 0 Å². The molecule has 92 valence electrons. The lowest BCUT2D eigenvalue weighted by Gasteiger charge is -2.31. The van der Waals surface area contributed by atoms with Gasteiger partial charge in [0.25, 0.3) is 5.91 Å². The number of benzene rings is 1. The molecule has 0 bridgehead atoms. The van der Waals surface area contributed by atoms with Crippen LogP contribution in [0.5, 0.6) is 0 Å². The third-order valence-corrected chi connectivity index (χ3v) is 3.40. The molecule has 1 aliphatic rings. The van der Waals surface area contributed by atoms with E-state index >= 15 is 0 Å². The van der Waals surface area contributed by atoms with Gasteiger partial charge in [-0.2, -0.15) is 0 Å². The van der Waals surface area contributed by atoms with Gasteiger partial charge in [-0.15, -0.1) is 12.6 Å². The summed E-state index contributed by atoms with van der Waals surface area (Å²) in [6, 6.07) is 4.34. The third-order valence-electron chi connectivity index (χ3n) is 3.12. The Balaban J connectivity index is 2.21. The van der Waals surface area contributed by atoms with Gasteiger partial charge in [-0.3, -0.25) is 4.79 Å². The van der Waals surface area contributed by atoms with Gasteiger partial charge in [0.1, 0.15) is 5.82 Å². The number of nitrogens with zero attached hydrogens (tertiary/aromatic N) is 1. The van der Waals surface area contributed by atoms with Gasteiger partial charge >= 0.3 is 0 Å². The van der Waals surface area contributed by atoms with Crippen molar-refractivity contribution in [2.45, 2.75) is 24.7 Å². The maximum absolute atomic E-state index is 13.6. The molecular formula is C13H16FNOS. The number of halogens is 1. The molecule has 17 heavy (non-hydrogen) atoms. The standard InChI is InChI=1S/C13H16FNOS/c1-9-3-2-6-15(8-9)13(16)11-7-10(17)4-5-12(11)14/h4-5,7,9,17H,2-3,6,8H2,1H3. The molecule has 0 aliphatic carbocycles. The lowest BCUT2D eigenvalue weighted by Crippen LogP contribution is -2.39. The van der Waals surface area contributed by atoms with Crippen molar-refractivity contribution in [2.24, 2.45) is 5.92 Å². The summed E-state index contributed by atoms with van der Waals surface area (Å²) in [6.07, 6.45) is 2.13. The highest BCUT2D eigenvalue weighted by atomic mass is 32.1. The molecule has 1 saturated heterocycles. The molecule has 1 fully saturated rings. The van der Waals surface area contributed by atoms with Crippen LogP contribution in [0.15, 0.2) is 23.1 Å². The average Bonchev–Trinajstić information content (AvgIpc) is 2.31. The van der Waals surface area contributed by atoms with Crippen LogP contribution in [0.3, 0.4) is 0 Å². The van der Waals surface area contributed by atoms with Crippen molar-refractivity contribution in [3.8, 4) is 0 Å². The summed E-state index contributed by atoms with van der Waals surface area (Å²) in [5.74, 6) is -0.189. The van der Waals surface area contributed by atoms with Crippen molar-refractivity contribution in [1.29, 1.82) is 0 Å². The first kappa shape index (κ1) is 12.4. The zero-order valence-corrected chi connectivity index (χ0v) is 10.7. The van der Waals surface area contributed by atoms with E-state index in [9.17, 15) is 9.18 Å². The van der Waals surface area contributed by atoms with E-state index < -0.39 is 5.82 Å². The minimum Gasteiger partial charge on any atom is -0.338 e. The van der Waals surface area contributed by atoms with E-state index in [2.05, 4.69) is 19.6 Å². The van der Waals surface area contributed by atoms with Crippen LogP contribution in [0.4, 0.5) is 4.39 Å². The summed E-state index contributed by atoms with van der Waals surface area (Å²) in [6.45, 7) is 3.55. The number of carbonyl (C=O) groups excluding carboxylic acids is 1. The maximum atomic E-state index is 13.6. The van der Waals surface area contributed by atoms with Crippen molar-refractivity contribution in [1.82, 2.24) is 4.90 Å². The second-order valence-electron chi connectivity index (χ2n) is 4.66. The van der Waals surface area contributed by atoms with Crippen molar-refractivity contribution in [2.75, 3.05) is 13.1 Å². The first-order valence-corrected chi connectivity index (χ1v) is 6.30. The highest BCUT2D eigenvalue weighted by Crippen LogP contribution is 2.20. The van der Waals surface area contributed by atoms with Crippen LogP contribution >= 0.6 is 12.6 Å². The van der Waals surface area contributed by atoms with Crippen LogP contribution in [-0.4, -0.2) is 23.9 Å². The Bertz CT molecular complexity index is 435. The third kappa shape index (κ3) is 2.80. The molecule has 1 amide bonds. The number of piperidine rings is 1. The van der Waals surface area contributed by atoms with Crippen molar-refractivity contribution < 1.29 is 9.18 Å². The fourth-order valence-corrected chi connectivity index (χ4v) is 2.42. The van der Waals surface area contributed by atoms with E-state index in [-0.39, 0.29) is 11.5 Å². The smallest absolute Gasteiger partial charge is 0.256 e. The quantitative estimate of drug-likeness (QED) is 0.763. The summed E-state index contributed by atoms with van der Waals surface area (Å²) in [5.41, 5.74) is 0.131. The monoisotopic (exact) mass is 253 g/mol. The van der Waals surface area contributed by atoms with Crippen LogP contribution in [0.1, 0.15) is 30.1 Å². The molecule has 4 heteroatoms. The van der Waals surface area contributed by atoms with Crippen molar-refractivity contribution in [3.05, 3.63) is 29.6 Å². The van der Waals surface area contributed by atoms with Gasteiger partial charge in [0, 0.05) is 18.0 Å². The molecule has 1 unspecified atom stereocenters. The van der Waals surface area contributed by atoms with Gasteiger partial charge in [-0.1, -0.05) is 6.92 Å². The molecule has 0 radical (unpaired) electrons. The number of thiol groups is 1. The lowest BCUT2D eigenvalue weighted by molar-refractivity contribution is 0.0678. The fraction of sp³-hybridized carbons (Fsp3) is 0.462. The Labute approximate surface area is 106 Å². The number of likely N-dealkylation sites (tertiary alicyclic amines) is 1. The summed E-state index contributed by atoms with van der Waals surface area (Å²) in [4.78, 5) is 14.5. The van der Waals surface area contributed by atoms with E-state index in [1.54, 1.807) is 11.0 Å². The van der Waals surface area contributed by atoms with Gasteiger partial charge in [0.05, 0.1) is 5.56 Å². The number of carbonyl (C=O) groups is 1. The van der Waals surface area contributed by atoms with Crippen molar-refractivity contribution >= 4 is 18.5 Å². The molecule has 0 spiro atoms. The fourth-order valence-electron chi connectivity index (χ4n) is 2.22. The molecule has 2 rings (SSSR count). The highest BCUT2D eigenvalue weighted by molar-refractivity contribution is 7.80. The van der Waals surface area contributed by atoms with Gasteiger partial charge in [0.2, 0.25) is 0 Å². The van der Waals surface area contributed by atoms with E-state index in [4.69, 9.17) is 0 Å². The molecule has 1 aromatic carbocycles. The largest absolute Gasteiger partial charge is 0.338 e. The highest BCUT2D eigenvalue weighted by Gasteiger charge is 2.24. The lowest BCUT2D eigenvalue weighted by atomic mass is 9.99. The first-order chi connectivity index (χ1) is 8.08. The minimum absolute atomic E-state index is 0.131. The predicted molar refractivity (Wildman–Crippen MR) is 68.0 cm³/mol. The Hall–Kier alpha value is -1.03. The van der Waals surface area contributed by atoms with E-state index in [0.717, 1.165) is 25.9 Å². The molecule has 1 aliphatic heterocycles. The molecule has 2 nitrogen and oxygen atoms in total. The number of rotatable bonds is 1. The summed E-state index contributed by atoms with van der Waals surface area (Å²) < 4.78 is 13.6. The number of hydrogen-bond acceptors (Lipinski definition) is 2. The Morgan fingerprint density at radius 2 is 2.29 bits per heavy atom.